The predicted molar refractivity (Wildman–Crippen MR) is 66.5 cm³/mol. The van der Waals surface area contributed by atoms with Crippen molar-refractivity contribution in [3.63, 3.8) is 0 Å². The van der Waals surface area contributed by atoms with Crippen LogP contribution in [0.4, 0.5) is 0 Å². The highest BCUT2D eigenvalue weighted by atomic mass is 16.5. The van der Waals surface area contributed by atoms with Crippen molar-refractivity contribution in [2.45, 2.75) is 52.7 Å². The van der Waals surface area contributed by atoms with E-state index in [0.717, 1.165) is 13.0 Å². The van der Waals surface area contributed by atoms with Gasteiger partial charge in [-0.2, -0.15) is 0 Å². The predicted octanol–water partition coefficient (Wildman–Crippen LogP) is 1.31. The number of ether oxygens (including phenoxy) is 1. The average molecular weight is 230 g/mol. The van der Waals surface area contributed by atoms with Gasteiger partial charge in [-0.05, 0) is 26.8 Å². The largest absolute Gasteiger partial charge is 0.377 e. The Hall–Kier alpha value is -0.610. The molecule has 0 aromatic heterocycles. The minimum atomic E-state index is 0.0998. The van der Waals surface area contributed by atoms with Crippen LogP contribution in [0, 0.1) is 0 Å². The highest BCUT2D eigenvalue weighted by Crippen LogP contribution is 1.91. The van der Waals surface area contributed by atoms with Crippen LogP contribution in [0.5, 0.6) is 0 Å². The fraction of sp³-hybridized carbons (Fsp3) is 0.917. The third-order valence-electron chi connectivity index (χ3n) is 2.17. The number of carbonyl (C=O) groups excluding carboxylic acids is 1. The van der Waals surface area contributed by atoms with Gasteiger partial charge in [0.05, 0.1) is 6.10 Å². The normalized spacial score (nSPS) is 12.8. The molecule has 0 spiro atoms. The molecule has 0 aliphatic carbocycles. The summed E-state index contributed by atoms with van der Waals surface area (Å²) in [5.74, 6) is 0.108. The van der Waals surface area contributed by atoms with E-state index in [1.165, 1.54) is 0 Å². The Bertz CT molecular complexity index is 184. The SMILES string of the molecule is CCOC(C)CNC(=O)CCCNC(C)C. The molecule has 0 saturated carbocycles. The third-order valence-corrected chi connectivity index (χ3v) is 2.17. The molecule has 4 nitrogen and oxygen atoms in total. The smallest absolute Gasteiger partial charge is 0.220 e. The molecular weight excluding hydrogens is 204 g/mol. The lowest BCUT2D eigenvalue weighted by atomic mass is 10.2. The zero-order valence-electron chi connectivity index (χ0n) is 11.0. The summed E-state index contributed by atoms with van der Waals surface area (Å²) in [7, 11) is 0. The maximum atomic E-state index is 11.4. The van der Waals surface area contributed by atoms with Gasteiger partial charge in [-0.15, -0.1) is 0 Å². The second-order valence-electron chi connectivity index (χ2n) is 4.28. The molecule has 0 radical (unpaired) electrons. The van der Waals surface area contributed by atoms with E-state index in [-0.39, 0.29) is 12.0 Å². The number of hydrogen-bond acceptors (Lipinski definition) is 3. The van der Waals surface area contributed by atoms with Crippen molar-refractivity contribution in [2.24, 2.45) is 0 Å². The summed E-state index contributed by atoms with van der Waals surface area (Å²) in [5, 5.41) is 6.14. The molecule has 0 bridgehead atoms. The van der Waals surface area contributed by atoms with Crippen LogP contribution >= 0.6 is 0 Å². The first-order valence-corrected chi connectivity index (χ1v) is 6.18. The molecule has 0 aromatic carbocycles. The minimum absolute atomic E-state index is 0.0998. The zero-order valence-corrected chi connectivity index (χ0v) is 11.0. The van der Waals surface area contributed by atoms with Gasteiger partial charge in [-0.3, -0.25) is 4.79 Å². The van der Waals surface area contributed by atoms with E-state index in [1.807, 2.05) is 13.8 Å². The summed E-state index contributed by atoms with van der Waals surface area (Å²) >= 11 is 0. The van der Waals surface area contributed by atoms with E-state index in [4.69, 9.17) is 4.74 Å². The number of amides is 1. The van der Waals surface area contributed by atoms with Crippen LogP contribution in [-0.2, 0) is 9.53 Å². The third kappa shape index (κ3) is 9.93. The highest BCUT2D eigenvalue weighted by Gasteiger charge is 2.04. The van der Waals surface area contributed by atoms with Gasteiger partial charge < -0.3 is 15.4 Å². The van der Waals surface area contributed by atoms with Gasteiger partial charge in [0.25, 0.3) is 0 Å². The molecule has 0 saturated heterocycles. The number of carbonyl (C=O) groups is 1. The molecule has 0 rings (SSSR count). The van der Waals surface area contributed by atoms with Crippen LogP contribution in [-0.4, -0.2) is 37.7 Å². The van der Waals surface area contributed by atoms with Crippen molar-refractivity contribution in [3.8, 4) is 0 Å². The molecule has 1 atom stereocenters. The first-order chi connectivity index (χ1) is 7.56. The Morgan fingerprint density at radius 3 is 2.56 bits per heavy atom. The average Bonchev–Trinajstić information content (AvgIpc) is 2.22. The van der Waals surface area contributed by atoms with Gasteiger partial charge in [-0.1, -0.05) is 13.8 Å². The van der Waals surface area contributed by atoms with E-state index in [9.17, 15) is 4.79 Å². The standard InChI is InChI=1S/C12H26N2O2/c1-5-16-11(4)9-14-12(15)7-6-8-13-10(2)3/h10-11,13H,5-9H2,1-4H3,(H,14,15). The monoisotopic (exact) mass is 230 g/mol. The summed E-state index contributed by atoms with van der Waals surface area (Å²) in [6.45, 7) is 10.3. The second-order valence-corrected chi connectivity index (χ2v) is 4.28. The van der Waals surface area contributed by atoms with E-state index in [0.29, 0.717) is 25.6 Å². The summed E-state index contributed by atoms with van der Waals surface area (Å²) < 4.78 is 5.32. The fourth-order valence-electron chi connectivity index (χ4n) is 1.33. The van der Waals surface area contributed by atoms with Gasteiger partial charge in [-0.25, -0.2) is 0 Å². The molecule has 0 aliphatic rings. The van der Waals surface area contributed by atoms with Crippen molar-refractivity contribution in [2.75, 3.05) is 19.7 Å². The van der Waals surface area contributed by atoms with Crippen molar-refractivity contribution in [1.82, 2.24) is 10.6 Å². The fourth-order valence-corrected chi connectivity index (χ4v) is 1.33. The molecule has 2 N–H and O–H groups in total. The van der Waals surface area contributed by atoms with Gasteiger partial charge in [0, 0.05) is 25.6 Å². The van der Waals surface area contributed by atoms with Crippen LogP contribution in [0.2, 0.25) is 0 Å². The molecule has 0 heterocycles. The van der Waals surface area contributed by atoms with E-state index < -0.39 is 0 Å². The van der Waals surface area contributed by atoms with Crippen LogP contribution < -0.4 is 10.6 Å². The van der Waals surface area contributed by atoms with Gasteiger partial charge in [0.15, 0.2) is 0 Å². The molecule has 1 amide bonds. The lowest BCUT2D eigenvalue weighted by Crippen LogP contribution is -2.32. The van der Waals surface area contributed by atoms with Gasteiger partial charge in [0.1, 0.15) is 0 Å². The zero-order chi connectivity index (χ0) is 12.4. The molecule has 0 aliphatic heterocycles. The lowest BCUT2D eigenvalue weighted by Gasteiger charge is -2.12. The van der Waals surface area contributed by atoms with Gasteiger partial charge >= 0.3 is 0 Å². The van der Waals surface area contributed by atoms with Gasteiger partial charge in [0.2, 0.25) is 5.91 Å². The first-order valence-electron chi connectivity index (χ1n) is 6.18. The molecule has 0 aromatic rings. The Morgan fingerprint density at radius 1 is 1.31 bits per heavy atom. The highest BCUT2D eigenvalue weighted by molar-refractivity contribution is 5.75. The first kappa shape index (κ1) is 15.4. The summed E-state index contributed by atoms with van der Waals surface area (Å²) in [6, 6.07) is 0.487. The Balaban J connectivity index is 3.37. The van der Waals surface area contributed by atoms with Crippen molar-refractivity contribution < 1.29 is 9.53 Å². The van der Waals surface area contributed by atoms with Crippen LogP contribution in [0.3, 0.4) is 0 Å². The molecule has 1 unspecified atom stereocenters. The van der Waals surface area contributed by atoms with E-state index in [2.05, 4.69) is 24.5 Å². The van der Waals surface area contributed by atoms with Crippen LogP contribution in [0.1, 0.15) is 40.5 Å². The van der Waals surface area contributed by atoms with Crippen LogP contribution in [0.25, 0.3) is 0 Å². The summed E-state index contributed by atoms with van der Waals surface area (Å²) in [6.07, 6.45) is 1.56. The summed E-state index contributed by atoms with van der Waals surface area (Å²) in [4.78, 5) is 11.4. The van der Waals surface area contributed by atoms with Crippen LogP contribution in [0.15, 0.2) is 0 Å². The molecular formula is C12H26N2O2. The second kappa shape index (κ2) is 9.60. The van der Waals surface area contributed by atoms with E-state index >= 15 is 0 Å². The molecule has 0 fully saturated rings. The number of hydrogen-bond donors (Lipinski definition) is 2. The Kier molecular flexibility index (Phi) is 9.24. The van der Waals surface area contributed by atoms with E-state index in [1.54, 1.807) is 0 Å². The minimum Gasteiger partial charge on any atom is -0.377 e. The van der Waals surface area contributed by atoms with Crippen molar-refractivity contribution in [3.05, 3.63) is 0 Å². The van der Waals surface area contributed by atoms with Crippen molar-refractivity contribution in [1.29, 1.82) is 0 Å². The Morgan fingerprint density at radius 2 is 2.00 bits per heavy atom. The topological polar surface area (TPSA) is 50.4 Å². The number of rotatable bonds is 9. The number of nitrogens with one attached hydrogen (secondary N) is 2. The maximum Gasteiger partial charge on any atom is 0.220 e. The maximum absolute atomic E-state index is 11.4. The molecule has 96 valence electrons. The quantitative estimate of drug-likeness (QED) is 0.587. The summed E-state index contributed by atoms with van der Waals surface area (Å²) in [5.41, 5.74) is 0. The molecule has 16 heavy (non-hydrogen) atoms. The lowest BCUT2D eigenvalue weighted by molar-refractivity contribution is -0.121. The van der Waals surface area contributed by atoms with Crippen molar-refractivity contribution >= 4 is 5.91 Å². The Labute approximate surface area is 99.1 Å². The molecule has 4 heteroatoms.